The lowest BCUT2D eigenvalue weighted by molar-refractivity contribution is 0.181. The maximum Gasteiger partial charge on any atom is 0.244 e. The molecule has 1 aliphatic carbocycles. The molecule has 2 heterocycles. The zero-order valence-corrected chi connectivity index (χ0v) is 12.4. The zero-order chi connectivity index (χ0) is 14.2. The number of hydrogen-bond acceptors (Lipinski definition) is 4. The molecule has 1 atom stereocenters. The number of aromatic amines is 1. The standard InChI is InChI=1S/C13H21N3O3S/c1-16(12-4-5-19-9-12)20(17,18)13-6-11(15-8-13)7-14-10-2-3-10/h6,8,10,12,14-15H,2-5,7,9H2,1H3. The third-order valence-electron chi connectivity index (χ3n) is 3.97. The SMILES string of the molecule is CN(C1CCOC1)S(=O)(=O)c1c[nH]c(CNC2CC2)c1. The van der Waals surface area contributed by atoms with Crippen molar-refractivity contribution < 1.29 is 13.2 Å². The Hall–Kier alpha value is -0.890. The number of ether oxygens (including phenoxy) is 1. The molecule has 112 valence electrons. The van der Waals surface area contributed by atoms with Crippen LogP contribution >= 0.6 is 0 Å². The van der Waals surface area contributed by atoms with Gasteiger partial charge in [0, 0.05) is 38.1 Å². The van der Waals surface area contributed by atoms with Crippen LogP contribution < -0.4 is 5.32 Å². The van der Waals surface area contributed by atoms with Gasteiger partial charge in [-0.25, -0.2) is 8.42 Å². The molecule has 1 unspecified atom stereocenters. The fourth-order valence-electron chi connectivity index (χ4n) is 2.38. The first kappa shape index (κ1) is 14.1. The van der Waals surface area contributed by atoms with Gasteiger partial charge < -0.3 is 15.0 Å². The molecule has 2 aliphatic rings. The molecule has 20 heavy (non-hydrogen) atoms. The van der Waals surface area contributed by atoms with Crippen molar-refractivity contribution in [3.63, 3.8) is 0 Å². The van der Waals surface area contributed by atoms with Crippen LogP contribution in [0.4, 0.5) is 0 Å². The van der Waals surface area contributed by atoms with Crippen LogP contribution in [-0.2, 0) is 21.3 Å². The molecule has 0 bridgehead atoms. The maximum absolute atomic E-state index is 12.5. The summed E-state index contributed by atoms with van der Waals surface area (Å²) in [5.41, 5.74) is 0.909. The summed E-state index contributed by atoms with van der Waals surface area (Å²) in [4.78, 5) is 3.37. The van der Waals surface area contributed by atoms with Gasteiger partial charge in [-0.05, 0) is 25.3 Å². The lowest BCUT2D eigenvalue weighted by Crippen LogP contribution is -2.37. The van der Waals surface area contributed by atoms with Gasteiger partial charge in [0.1, 0.15) is 0 Å². The Labute approximate surface area is 119 Å². The summed E-state index contributed by atoms with van der Waals surface area (Å²) < 4.78 is 31.7. The molecular weight excluding hydrogens is 278 g/mol. The molecule has 1 aliphatic heterocycles. The Kier molecular flexibility index (Phi) is 3.85. The largest absolute Gasteiger partial charge is 0.380 e. The number of aromatic nitrogens is 1. The molecule has 1 aromatic rings. The van der Waals surface area contributed by atoms with E-state index in [0.29, 0.717) is 30.7 Å². The fourth-order valence-corrected chi connectivity index (χ4v) is 3.77. The third kappa shape index (κ3) is 2.90. The van der Waals surface area contributed by atoms with E-state index in [1.807, 2.05) is 0 Å². The van der Waals surface area contributed by atoms with Gasteiger partial charge in [-0.1, -0.05) is 0 Å². The van der Waals surface area contributed by atoms with E-state index in [0.717, 1.165) is 12.1 Å². The number of rotatable bonds is 6. The molecule has 3 rings (SSSR count). The minimum absolute atomic E-state index is 0.0528. The van der Waals surface area contributed by atoms with Crippen LogP contribution in [0.2, 0.25) is 0 Å². The van der Waals surface area contributed by atoms with E-state index in [2.05, 4.69) is 10.3 Å². The van der Waals surface area contributed by atoms with E-state index < -0.39 is 10.0 Å². The third-order valence-corrected chi connectivity index (χ3v) is 5.86. The average molecular weight is 299 g/mol. The molecule has 1 saturated carbocycles. The molecule has 1 saturated heterocycles. The van der Waals surface area contributed by atoms with Crippen LogP contribution in [0.5, 0.6) is 0 Å². The zero-order valence-electron chi connectivity index (χ0n) is 11.6. The molecule has 7 heteroatoms. The summed E-state index contributed by atoms with van der Waals surface area (Å²) in [5.74, 6) is 0. The number of H-pyrrole nitrogens is 1. The first-order valence-corrected chi connectivity index (χ1v) is 8.48. The highest BCUT2D eigenvalue weighted by atomic mass is 32.2. The predicted octanol–water partition coefficient (Wildman–Crippen LogP) is 0.676. The first-order chi connectivity index (χ1) is 9.57. The fraction of sp³-hybridized carbons (Fsp3) is 0.692. The van der Waals surface area contributed by atoms with E-state index in [1.54, 1.807) is 19.3 Å². The Morgan fingerprint density at radius 1 is 1.45 bits per heavy atom. The number of nitrogens with one attached hydrogen (secondary N) is 2. The van der Waals surface area contributed by atoms with Crippen LogP contribution in [0.1, 0.15) is 25.0 Å². The normalized spacial score (nSPS) is 23.6. The van der Waals surface area contributed by atoms with Gasteiger partial charge in [0.2, 0.25) is 10.0 Å². The molecule has 1 aromatic heterocycles. The smallest absolute Gasteiger partial charge is 0.244 e. The summed E-state index contributed by atoms with van der Waals surface area (Å²) in [6, 6.07) is 2.27. The molecule has 0 amide bonds. The van der Waals surface area contributed by atoms with Crippen molar-refractivity contribution in [2.45, 2.75) is 42.8 Å². The molecular formula is C13H21N3O3S. The van der Waals surface area contributed by atoms with Crippen molar-refractivity contribution in [3.8, 4) is 0 Å². The number of sulfonamides is 1. The second kappa shape index (κ2) is 5.48. The molecule has 2 N–H and O–H groups in total. The van der Waals surface area contributed by atoms with Gasteiger partial charge in [-0.15, -0.1) is 0 Å². The van der Waals surface area contributed by atoms with E-state index in [9.17, 15) is 8.42 Å². The van der Waals surface area contributed by atoms with Gasteiger partial charge in [-0.2, -0.15) is 4.31 Å². The summed E-state index contributed by atoms with van der Waals surface area (Å²) in [6.07, 6.45) is 4.77. The molecule has 0 aromatic carbocycles. The van der Waals surface area contributed by atoms with Crippen molar-refractivity contribution in [2.75, 3.05) is 20.3 Å². The van der Waals surface area contributed by atoms with E-state index >= 15 is 0 Å². The van der Waals surface area contributed by atoms with Gasteiger partial charge >= 0.3 is 0 Å². The molecule has 6 nitrogen and oxygen atoms in total. The van der Waals surface area contributed by atoms with Gasteiger partial charge in [-0.3, -0.25) is 0 Å². The summed E-state index contributed by atoms with van der Waals surface area (Å²) in [7, 11) is -1.80. The highest BCUT2D eigenvalue weighted by Crippen LogP contribution is 2.22. The Morgan fingerprint density at radius 2 is 2.25 bits per heavy atom. The first-order valence-electron chi connectivity index (χ1n) is 7.04. The van der Waals surface area contributed by atoms with E-state index in [1.165, 1.54) is 17.1 Å². The Balaban J connectivity index is 1.69. The van der Waals surface area contributed by atoms with Crippen molar-refractivity contribution in [1.82, 2.24) is 14.6 Å². The monoisotopic (exact) mass is 299 g/mol. The van der Waals surface area contributed by atoms with E-state index in [-0.39, 0.29) is 6.04 Å². The average Bonchev–Trinajstić information content (AvgIpc) is 2.95. The van der Waals surface area contributed by atoms with Crippen molar-refractivity contribution in [1.29, 1.82) is 0 Å². The quantitative estimate of drug-likeness (QED) is 0.810. The van der Waals surface area contributed by atoms with Gasteiger partial charge in [0.15, 0.2) is 0 Å². The highest BCUT2D eigenvalue weighted by Gasteiger charge is 2.31. The summed E-state index contributed by atoms with van der Waals surface area (Å²) in [6.45, 7) is 1.81. The lowest BCUT2D eigenvalue weighted by atomic mass is 10.3. The summed E-state index contributed by atoms with van der Waals surface area (Å²) >= 11 is 0. The second-order valence-electron chi connectivity index (χ2n) is 5.55. The van der Waals surface area contributed by atoms with Crippen molar-refractivity contribution >= 4 is 10.0 Å². The van der Waals surface area contributed by atoms with Crippen LogP contribution in [0, 0.1) is 0 Å². The van der Waals surface area contributed by atoms with Crippen molar-refractivity contribution in [3.05, 3.63) is 18.0 Å². The topological polar surface area (TPSA) is 74.4 Å². The minimum atomic E-state index is -3.43. The molecule has 2 fully saturated rings. The number of hydrogen-bond donors (Lipinski definition) is 2. The van der Waals surface area contributed by atoms with E-state index in [4.69, 9.17) is 4.74 Å². The molecule has 0 radical (unpaired) electrons. The van der Waals surface area contributed by atoms with Crippen LogP contribution in [0.25, 0.3) is 0 Å². The van der Waals surface area contributed by atoms with Crippen LogP contribution in [0.15, 0.2) is 17.2 Å². The minimum Gasteiger partial charge on any atom is -0.380 e. The van der Waals surface area contributed by atoms with Crippen LogP contribution in [-0.4, -0.2) is 50.1 Å². The highest BCUT2D eigenvalue weighted by molar-refractivity contribution is 7.89. The summed E-state index contributed by atoms with van der Waals surface area (Å²) in [5, 5.41) is 3.36. The van der Waals surface area contributed by atoms with Crippen LogP contribution in [0.3, 0.4) is 0 Å². The Morgan fingerprint density at radius 3 is 2.90 bits per heavy atom. The maximum atomic E-state index is 12.5. The lowest BCUT2D eigenvalue weighted by Gasteiger charge is -2.21. The number of likely N-dealkylation sites (N-methyl/N-ethyl adjacent to an activating group) is 1. The van der Waals surface area contributed by atoms with Crippen molar-refractivity contribution in [2.24, 2.45) is 0 Å². The number of nitrogens with zero attached hydrogens (tertiary/aromatic N) is 1. The second-order valence-corrected chi connectivity index (χ2v) is 7.55. The van der Waals surface area contributed by atoms with Gasteiger partial charge in [0.25, 0.3) is 0 Å². The Bertz CT molecular complexity index is 559. The van der Waals surface area contributed by atoms with Gasteiger partial charge in [0.05, 0.1) is 17.5 Å². The molecule has 0 spiro atoms. The predicted molar refractivity (Wildman–Crippen MR) is 74.8 cm³/mol.